The van der Waals surface area contributed by atoms with Gasteiger partial charge in [-0.3, -0.25) is 0 Å². The number of nitrogens with zero attached hydrogens (tertiary/aromatic N) is 1. The van der Waals surface area contributed by atoms with E-state index >= 15 is 0 Å². The van der Waals surface area contributed by atoms with E-state index in [0.717, 1.165) is 0 Å². The van der Waals surface area contributed by atoms with Crippen LogP contribution in [-0.2, 0) is 5.33 Å². The van der Waals surface area contributed by atoms with Gasteiger partial charge in [-0.1, -0.05) is 22.0 Å². The van der Waals surface area contributed by atoms with Crippen molar-refractivity contribution in [3.8, 4) is 0 Å². The number of fused-ring (bicyclic) bond motifs is 1. The van der Waals surface area contributed by atoms with Crippen LogP contribution in [0.4, 0.5) is 4.39 Å². The Balaban J connectivity index is 2.74. The number of hydrogen-bond donors (Lipinski definition) is 0. The average Bonchev–Trinajstić information content (AvgIpc) is 2.49. The molecule has 1 aromatic heterocycles. The van der Waals surface area contributed by atoms with E-state index in [0.29, 0.717) is 22.3 Å². The van der Waals surface area contributed by atoms with E-state index in [1.807, 2.05) is 0 Å². The molecule has 12 heavy (non-hydrogen) atoms. The van der Waals surface area contributed by atoms with Crippen LogP contribution in [0.1, 0.15) is 5.89 Å². The molecule has 0 aliphatic heterocycles. The number of hydrogen-bond acceptors (Lipinski definition) is 2. The van der Waals surface area contributed by atoms with Crippen LogP contribution in [0.5, 0.6) is 0 Å². The summed E-state index contributed by atoms with van der Waals surface area (Å²) in [6.45, 7) is 0. The summed E-state index contributed by atoms with van der Waals surface area (Å²) >= 11 is 3.18. The number of alkyl halides is 1. The standard InChI is InChI=1S/C8H5BrFNO/c9-4-7-11-8-5(10)2-1-3-6(8)12-7/h1-3H,4H2. The summed E-state index contributed by atoms with van der Waals surface area (Å²) < 4.78 is 18.2. The van der Waals surface area contributed by atoms with Crippen LogP contribution < -0.4 is 0 Å². The fraction of sp³-hybridized carbons (Fsp3) is 0.125. The Kier molecular flexibility index (Phi) is 1.84. The minimum absolute atomic E-state index is 0.298. The van der Waals surface area contributed by atoms with Gasteiger partial charge in [-0.15, -0.1) is 0 Å². The van der Waals surface area contributed by atoms with E-state index in [2.05, 4.69) is 20.9 Å². The lowest BCUT2D eigenvalue weighted by Crippen LogP contribution is -1.77. The van der Waals surface area contributed by atoms with E-state index in [9.17, 15) is 4.39 Å². The van der Waals surface area contributed by atoms with Gasteiger partial charge < -0.3 is 4.42 Å². The lowest BCUT2D eigenvalue weighted by molar-refractivity contribution is 0.557. The second kappa shape index (κ2) is 2.86. The number of oxazole rings is 1. The minimum atomic E-state index is -0.344. The Morgan fingerprint density at radius 3 is 3.00 bits per heavy atom. The first-order valence-electron chi connectivity index (χ1n) is 3.41. The van der Waals surface area contributed by atoms with Crippen LogP contribution in [0.2, 0.25) is 0 Å². The molecule has 0 aliphatic carbocycles. The Hall–Kier alpha value is -0.900. The van der Waals surface area contributed by atoms with Crippen molar-refractivity contribution in [2.45, 2.75) is 5.33 Å². The Morgan fingerprint density at radius 1 is 1.50 bits per heavy atom. The molecule has 0 amide bonds. The molecule has 1 aromatic carbocycles. The minimum Gasteiger partial charge on any atom is -0.440 e. The molecule has 4 heteroatoms. The molecular formula is C8H5BrFNO. The molecule has 0 bridgehead atoms. The van der Waals surface area contributed by atoms with Crippen LogP contribution in [0.15, 0.2) is 22.6 Å². The molecule has 62 valence electrons. The van der Waals surface area contributed by atoms with Crippen molar-refractivity contribution in [1.82, 2.24) is 4.98 Å². The van der Waals surface area contributed by atoms with Gasteiger partial charge in [0.2, 0.25) is 5.89 Å². The second-order valence-electron chi connectivity index (χ2n) is 2.33. The topological polar surface area (TPSA) is 26.0 Å². The summed E-state index contributed by atoms with van der Waals surface area (Å²) in [7, 11) is 0. The van der Waals surface area contributed by atoms with Crippen LogP contribution >= 0.6 is 15.9 Å². The van der Waals surface area contributed by atoms with Gasteiger partial charge in [-0.25, -0.2) is 9.37 Å². The molecule has 2 nitrogen and oxygen atoms in total. The summed E-state index contributed by atoms with van der Waals surface area (Å²) in [5.74, 6) is 0.151. The van der Waals surface area contributed by atoms with Crippen LogP contribution in [0, 0.1) is 5.82 Å². The van der Waals surface area contributed by atoms with E-state index in [1.165, 1.54) is 6.07 Å². The third-order valence-corrected chi connectivity index (χ3v) is 2.01. The summed E-state index contributed by atoms with van der Waals surface area (Å²) in [6, 6.07) is 4.65. The fourth-order valence-electron chi connectivity index (χ4n) is 1.02. The first kappa shape index (κ1) is 7.73. The van der Waals surface area contributed by atoms with E-state index < -0.39 is 0 Å². The van der Waals surface area contributed by atoms with Crippen molar-refractivity contribution >= 4 is 27.0 Å². The number of para-hydroxylation sites is 1. The number of aromatic nitrogens is 1. The van der Waals surface area contributed by atoms with Crippen molar-refractivity contribution in [1.29, 1.82) is 0 Å². The monoisotopic (exact) mass is 229 g/mol. The van der Waals surface area contributed by atoms with Crippen LogP contribution in [0.25, 0.3) is 11.1 Å². The predicted molar refractivity (Wildman–Crippen MR) is 46.6 cm³/mol. The van der Waals surface area contributed by atoms with Crippen molar-refractivity contribution in [2.24, 2.45) is 0 Å². The summed E-state index contributed by atoms with van der Waals surface area (Å²) in [5, 5.41) is 0.501. The number of benzene rings is 1. The molecule has 0 fully saturated rings. The Morgan fingerprint density at radius 2 is 2.33 bits per heavy atom. The normalized spacial score (nSPS) is 10.8. The molecular weight excluding hydrogens is 225 g/mol. The van der Waals surface area contributed by atoms with Gasteiger partial charge >= 0.3 is 0 Å². The predicted octanol–water partition coefficient (Wildman–Crippen LogP) is 2.86. The van der Waals surface area contributed by atoms with Gasteiger partial charge in [-0.2, -0.15) is 0 Å². The van der Waals surface area contributed by atoms with Gasteiger partial charge in [0.25, 0.3) is 0 Å². The van der Waals surface area contributed by atoms with Gasteiger partial charge in [0.15, 0.2) is 11.4 Å². The lowest BCUT2D eigenvalue weighted by Gasteiger charge is -1.85. The number of rotatable bonds is 1. The second-order valence-corrected chi connectivity index (χ2v) is 2.89. The SMILES string of the molecule is Fc1cccc2oc(CBr)nc12. The third-order valence-electron chi connectivity index (χ3n) is 1.53. The molecule has 0 N–H and O–H groups in total. The molecule has 0 saturated carbocycles. The van der Waals surface area contributed by atoms with Crippen molar-refractivity contribution in [2.75, 3.05) is 0 Å². The molecule has 0 saturated heterocycles. The number of halogens is 2. The summed E-state index contributed by atoms with van der Waals surface area (Å²) in [6.07, 6.45) is 0. The third kappa shape index (κ3) is 1.12. The van der Waals surface area contributed by atoms with Crippen molar-refractivity contribution in [3.05, 3.63) is 29.9 Å². The van der Waals surface area contributed by atoms with Gasteiger partial charge in [0, 0.05) is 0 Å². The first-order chi connectivity index (χ1) is 5.81. The smallest absolute Gasteiger partial charge is 0.206 e. The fourth-order valence-corrected chi connectivity index (χ4v) is 1.26. The maximum atomic E-state index is 13.0. The quantitative estimate of drug-likeness (QED) is 0.704. The van der Waals surface area contributed by atoms with Crippen molar-refractivity contribution < 1.29 is 8.81 Å². The maximum Gasteiger partial charge on any atom is 0.206 e. The van der Waals surface area contributed by atoms with Crippen molar-refractivity contribution in [3.63, 3.8) is 0 Å². The molecule has 2 rings (SSSR count). The summed E-state index contributed by atoms with van der Waals surface area (Å²) in [5.41, 5.74) is 0.788. The van der Waals surface area contributed by atoms with Crippen LogP contribution in [-0.4, -0.2) is 4.98 Å². The van der Waals surface area contributed by atoms with Gasteiger partial charge in [0.05, 0.1) is 5.33 Å². The highest BCUT2D eigenvalue weighted by molar-refractivity contribution is 9.08. The lowest BCUT2D eigenvalue weighted by atomic mass is 10.3. The average molecular weight is 230 g/mol. The molecule has 1 heterocycles. The Bertz CT molecular complexity index is 412. The zero-order chi connectivity index (χ0) is 8.55. The van der Waals surface area contributed by atoms with Gasteiger partial charge in [0.1, 0.15) is 5.52 Å². The molecule has 0 unspecified atom stereocenters. The summed E-state index contributed by atoms with van der Waals surface area (Å²) in [4.78, 5) is 3.94. The molecule has 0 atom stereocenters. The molecule has 2 aromatic rings. The zero-order valence-corrected chi connectivity index (χ0v) is 7.64. The van der Waals surface area contributed by atoms with Crippen LogP contribution in [0.3, 0.4) is 0 Å². The van der Waals surface area contributed by atoms with E-state index in [-0.39, 0.29) is 5.82 Å². The highest BCUT2D eigenvalue weighted by atomic mass is 79.9. The molecule has 0 aliphatic rings. The highest BCUT2D eigenvalue weighted by Gasteiger charge is 2.07. The largest absolute Gasteiger partial charge is 0.440 e. The Labute approximate surface area is 76.5 Å². The molecule has 0 spiro atoms. The highest BCUT2D eigenvalue weighted by Crippen LogP contribution is 2.19. The maximum absolute atomic E-state index is 13.0. The molecule has 0 radical (unpaired) electrons. The van der Waals surface area contributed by atoms with E-state index in [4.69, 9.17) is 4.42 Å². The van der Waals surface area contributed by atoms with E-state index in [1.54, 1.807) is 12.1 Å². The zero-order valence-electron chi connectivity index (χ0n) is 6.05. The van der Waals surface area contributed by atoms with Gasteiger partial charge in [-0.05, 0) is 12.1 Å². The first-order valence-corrected chi connectivity index (χ1v) is 4.53.